The van der Waals surface area contributed by atoms with E-state index in [1.807, 2.05) is 0 Å². The molecule has 1 heterocycles. The molecular formula is C17H27N2O4S+. The number of nitrogens with one attached hydrogen (secondary N) is 2. The number of likely N-dealkylation sites (tertiary alicyclic amines) is 1. The molecule has 0 aliphatic carbocycles. The second-order valence-electron chi connectivity index (χ2n) is 6.06. The highest BCUT2D eigenvalue weighted by atomic mass is 32.2. The van der Waals surface area contributed by atoms with Crippen molar-refractivity contribution in [2.24, 2.45) is 0 Å². The van der Waals surface area contributed by atoms with E-state index in [2.05, 4.69) is 4.72 Å². The van der Waals surface area contributed by atoms with Crippen LogP contribution in [0.4, 0.5) is 0 Å². The SMILES string of the molecule is CCOC(=O)c1ccc(S(=O)(=O)NCCC[NH+]2CCCCC2)cc1. The topological polar surface area (TPSA) is 76.9 Å². The molecule has 1 saturated heterocycles. The Balaban J connectivity index is 1.82. The maximum Gasteiger partial charge on any atom is 0.338 e. The first-order chi connectivity index (χ1) is 11.5. The summed E-state index contributed by atoms with van der Waals surface area (Å²) in [5.74, 6) is -0.445. The number of carbonyl (C=O) groups is 1. The summed E-state index contributed by atoms with van der Waals surface area (Å²) in [7, 11) is -3.53. The number of hydrogen-bond donors (Lipinski definition) is 2. The first-order valence-corrected chi connectivity index (χ1v) is 10.1. The minimum absolute atomic E-state index is 0.167. The fourth-order valence-electron chi connectivity index (χ4n) is 2.91. The van der Waals surface area contributed by atoms with Gasteiger partial charge in [0.15, 0.2) is 0 Å². The molecule has 0 spiro atoms. The van der Waals surface area contributed by atoms with Gasteiger partial charge in [0, 0.05) is 13.0 Å². The Bertz CT molecular complexity index is 622. The number of sulfonamides is 1. The predicted molar refractivity (Wildman–Crippen MR) is 91.6 cm³/mol. The average Bonchev–Trinajstić information content (AvgIpc) is 2.60. The van der Waals surface area contributed by atoms with Crippen molar-refractivity contribution in [3.8, 4) is 0 Å². The maximum atomic E-state index is 12.3. The number of rotatable bonds is 8. The Hall–Kier alpha value is -1.44. The molecule has 1 aliphatic heterocycles. The molecule has 6 nitrogen and oxygen atoms in total. The van der Waals surface area contributed by atoms with Crippen LogP contribution in [0, 0.1) is 0 Å². The number of ether oxygens (including phenoxy) is 1. The molecule has 0 amide bonds. The lowest BCUT2D eigenvalue weighted by molar-refractivity contribution is -0.904. The summed E-state index contributed by atoms with van der Waals surface area (Å²) in [5.41, 5.74) is 0.351. The number of quaternary nitrogens is 1. The zero-order chi connectivity index (χ0) is 17.4. The minimum Gasteiger partial charge on any atom is -0.462 e. The van der Waals surface area contributed by atoms with E-state index in [-0.39, 0.29) is 4.90 Å². The first kappa shape index (κ1) is 18.9. The molecule has 0 radical (unpaired) electrons. The zero-order valence-corrected chi connectivity index (χ0v) is 15.0. The Morgan fingerprint density at radius 3 is 2.46 bits per heavy atom. The number of benzene rings is 1. The lowest BCUT2D eigenvalue weighted by Crippen LogP contribution is -3.12. The molecule has 7 heteroatoms. The molecule has 1 fully saturated rings. The Kier molecular flexibility index (Phi) is 7.20. The van der Waals surface area contributed by atoms with Crippen LogP contribution in [-0.2, 0) is 14.8 Å². The average molecular weight is 355 g/mol. The van der Waals surface area contributed by atoms with Gasteiger partial charge in [-0.3, -0.25) is 0 Å². The quantitative estimate of drug-likeness (QED) is 0.529. The van der Waals surface area contributed by atoms with Gasteiger partial charge in [-0.1, -0.05) is 0 Å². The monoisotopic (exact) mass is 355 g/mol. The summed E-state index contributed by atoms with van der Waals surface area (Å²) in [6, 6.07) is 5.82. The highest BCUT2D eigenvalue weighted by molar-refractivity contribution is 7.89. The second-order valence-corrected chi connectivity index (χ2v) is 7.82. The van der Waals surface area contributed by atoms with Gasteiger partial charge >= 0.3 is 5.97 Å². The van der Waals surface area contributed by atoms with Crippen LogP contribution >= 0.6 is 0 Å². The van der Waals surface area contributed by atoms with E-state index < -0.39 is 16.0 Å². The smallest absolute Gasteiger partial charge is 0.338 e. The number of piperidine rings is 1. The van der Waals surface area contributed by atoms with Crippen molar-refractivity contribution >= 4 is 16.0 Å². The predicted octanol–water partition coefficient (Wildman–Crippen LogP) is 0.601. The van der Waals surface area contributed by atoms with Gasteiger partial charge in [0.2, 0.25) is 10.0 Å². The van der Waals surface area contributed by atoms with Gasteiger partial charge in [0.1, 0.15) is 0 Å². The third-order valence-electron chi connectivity index (χ3n) is 4.24. The molecule has 1 aliphatic rings. The van der Waals surface area contributed by atoms with E-state index in [0.717, 1.165) is 13.0 Å². The second kappa shape index (κ2) is 9.15. The Morgan fingerprint density at radius 1 is 1.17 bits per heavy atom. The summed E-state index contributed by atoms with van der Waals surface area (Å²) in [5, 5.41) is 0. The number of carbonyl (C=O) groups excluding carboxylic acids is 1. The van der Waals surface area contributed by atoms with Crippen molar-refractivity contribution in [3.63, 3.8) is 0 Å². The van der Waals surface area contributed by atoms with Gasteiger partial charge < -0.3 is 9.64 Å². The third kappa shape index (κ3) is 5.58. The van der Waals surface area contributed by atoms with Gasteiger partial charge in [-0.25, -0.2) is 17.9 Å². The van der Waals surface area contributed by atoms with Gasteiger partial charge in [-0.15, -0.1) is 0 Å². The van der Waals surface area contributed by atoms with Crippen molar-refractivity contribution in [3.05, 3.63) is 29.8 Å². The first-order valence-electron chi connectivity index (χ1n) is 8.63. The van der Waals surface area contributed by atoms with Crippen LogP contribution in [0.25, 0.3) is 0 Å². The summed E-state index contributed by atoms with van der Waals surface area (Å²) in [6.07, 6.45) is 4.69. The van der Waals surface area contributed by atoms with Crippen molar-refractivity contribution in [2.75, 3.05) is 32.8 Å². The van der Waals surface area contributed by atoms with Gasteiger partial charge in [-0.05, 0) is 50.5 Å². The molecule has 0 bridgehead atoms. The van der Waals surface area contributed by atoms with Crippen LogP contribution in [0.3, 0.4) is 0 Å². The highest BCUT2D eigenvalue weighted by Crippen LogP contribution is 2.11. The zero-order valence-electron chi connectivity index (χ0n) is 14.2. The van der Waals surface area contributed by atoms with Crippen molar-refractivity contribution in [2.45, 2.75) is 37.5 Å². The van der Waals surface area contributed by atoms with Crippen LogP contribution in [0.1, 0.15) is 43.0 Å². The largest absolute Gasteiger partial charge is 0.462 e. The van der Waals surface area contributed by atoms with Crippen molar-refractivity contribution < 1.29 is 22.8 Å². The molecule has 0 saturated carbocycles. The van der Waals surface area contributed by atoms with Crippen molar-refractivity contribution in [1.82, 2.24) is 4.72 Å². The van der Waals surface area contributed by atoms with Crippen LogP contribution in [-0.4, -0.2) is 47.2 Å². The number of hydrogen-bond acceptors (Lipinski definition) is 4. The molecular weight excluding hydrogens is 328 g/mol. The summed E-state index contributed by atoms with van der Waals surface area (Å²) in [4.78, 5) is 13.3. The highest BCUT2D eigenvalue weighted by Gasteiger charge is 2.16. The lowest BCUT2D eigenvalue weighted by atomic mass is 10.1. The van der Waals surface area contributed by atoms with E-state index in [1.165, 1.54) is 56.6 Å². The Morgan fingerprint density at radius 2 is 1.83 bits per heavy atom. The fourth-order valence-corrected chi connectivity index (χ4v) is 3.99. The molecule has 2 N–H and O–H groups in total. The normalized spacial score (nSPS) is 16.0. The molecule has 2 rings (SSSR count). The van der Waals surface area contributed by atoms with Gasteiger partial charge in [0.25, 0.3) is 0 Å². The van der Waals surface area contributed by atoms with Crippen molar-refractivity contribution in [1.29, 1.82) is 0 Å². The van der Waals surface area contributed by atoms with Crippen LogP contribution in [0.15, 0.2) is 29.2 Å². The molecule has 0 atom stereocenters. The third-order valence-corrected chi connectivity index (χ3v) is 5.71. The summed E-state index contributed by atoms with van der Waals surface area (Å²) in [6.45, 7) is 5.85. The molecule has 0 aromatic heterocycles. The minimum atomic E-state index is -3.53. The molecule has 1 aromatic rings. The fraction of sp³-hybridized carbons (Fsp3) is 0.588. The van der Waals surface area contributed by atoms with E-state index in [0.29, 0.717) is 18.7 Å². The van der Waals surface area contributed by atoms with E-state index in [9.17, 15) is 13.2 Å². The molecule has 24 heavy (non-hydrogen) atoms. The van der Waals surface area contributed by atoms with Crippen LogP contribution < -0.4 is 9.62 Å². The van der Waals surface area contributed by atoms with E-state index in [4.69, 9.17) is 4.74 Å². The lowest BCUT2D eigenvalue weighted by Gasteiger charge is -2.23. The van der Waals surface area contributed by atoms with Crippen LogP contribution in [0.2, 0.25) is 0 Å². The van der Waals surface area contributed by atoms with Gasteiger partial charge in [0.05, 0.1) is 36.7 Å². The summed E-state index contributed by atoms with van der Waals surface area (Å²) >= 11 is 0. The van der Waals surface area contributed by atoms with Crippen LogP contribution in [0.5, 0.6) is 0 Å². The Labute approximate surface area is 144 Å². The van der Waals surface area contributed by atoms with E-state index >= 15 is 0 Å². The summed E-state index contributed by atoms with van der Waals surface area (Å²) < 4.78 is 32.0. The van der Waals surface area contributed by atoms with E-state index in [1.54, 1.807) is 11.8 Å². The number of esters is 1. The molecule has 134 valence electrons. The van der Waals surface area contributed by atoms with Gasteiger partial charge in [-0.2, -0.15) is 0 Å². The maximum absolute atomic E-state index is 12.3. The standard InChI is InChI=1S/C17H26N2O4S/c1-2-23-17(20)15-7-9-16(10-8-15)24(21,22)18-11-6-14-19-12-4-3-5-13-19/h7-10,18H,2-6,11-14H2,1H3/p+1. The molecule has 0 unspecified atom stereocenters. The molecule has 1 aromatic carbocycles.